The van der Waals surface area contributed by atoms with Gasteiger partial charge in [-0.3, -0.25) is 4.72 Å². The highest BCUT2D eigenvalue weighted by Gasteiger charge is 2.31. The zero-order chi connectivity index (χ0) is 15.1. The average molecular weight is 310 g/mol. The van der Waals surface area contributed by atoms with Crippen molar-refractivity contribution in [3.63, 3.8) is 0 Å². The number of amidine groups is 1. The molecule has 114 valence electrons. The van der Waals surface area contributed by atoms with E-state index in [1.54, 1.807) is 18.2 Å². The van der Waals surface area contributed by atoms with Crippen LogP contribution in [0.2, 0.25) is 0 Å². The van der Waals surface area contributed by atoms with E-state index in [9.17, 15) is 8.42 Å². The summed E-state index contributed by atoms with van der Waals surface area (Å²) in [6.45, 7) is 0.378. The van der Waals surface area contributed by atoms with E-state index in [-0.39, 0.29) is 11.4 Å². The first-order valence-electron chi connectivity index (χ1n) is 6.82. The van der Waals surface area contributed by atoms with Crippen molar-refractivity contribution >= 4 is 21.7 Å². The molecule has 0 spiro atoms. The highest BCUT2D eigenvalue weighted by Crippen LogP contribution is 2.32. The molecule has 3 rings (SSSR count). The number of ether oxygens (including phenoxy) is 1. The molecule has 7 nitrogen and oxygen atoms in total. The minimum absolute atomic E-state index is 0.0724. The Kier molecular flexibility index (Phi) is 3.29. The second-order valence-electron chi connectivity index (χ2n) is 5.59. The fourth-order valence-corrected chi connectivity index (χ4v) is 3.63. The van der Waals surface area contributed by atoms with Crippen LogP contribution in [0.1, 0.15) is 31.2 Å². The molecule has 8 heteroatoms. The molecule has 0 aromatic heterocycles. The first-order chi connectivity index (χ1) is 9.89. The lowest BCUT2D eigenvalue weighted by atomic mass is 10.0. The summed E-state index contributed by atoms with van der Waals surface area (Å²) in [5.74, 6) is 0.421. The fraction of sp³-hybridized carbons (Fsp3) is 0.462. The molecule has 1 aromatic rings. The number of nitrogens with one attached hydrogen (secondary N) is 1. The van der Waals surface area contributed by atoms with Crippen molar-refractivity contribution < 1.29 is 13.2 Å². The van der Waals surface area contributed by atoms with Crippen LogP contribution in [0.15, 0.2) is 22.6 Å². The van der Waals surface area contributed by atoms with Crippen LogP contribution in [-0.4, -0.2) is 26.4 Å². The monoisotopic (exact) mass is 310 g/mol. The first-order valence-corrected chi connectivity index (χ1v) is 8.26. The van der Waals surface area contributed by atoms with Crippen LogP contribution in [0.3, 0.4) is 0 Å². The minimum Gasteiger partial charge on any atom is -0.491 e. The van der Waals surface area contributed by atoms with Gasteiger partial charge in [0, 0.05) is 0 Å². The summed E-state index contributed by atoms with van der Waals surface area (Å²) in [6, 6.07) is 5.06. The molecular weight excluding hydrogens is 292 g/mol. The maximum atomic E-state index is 11.5. The highest BCUT2D eigenvalue weighted by atomic mass is 32.2. The van der Waals surface area contributed by atoms with Gasteiger partial charge in [-0.05, 0) is 25.0 Å². The van der Waals surface area contributed by atoms with Crippen molar-refractivity contribution in [2.45, 2.75) is 31.2 Å². The van der Waals surface area contributed by atoms with Crippen LogP contribution in [0.4, 0.5) is 5.69 Å². The molecular formula is C13H18N4O3S. The smallest absolute Gasteiger partial charge is 0.344 e. The first kappa shape index (κ1) is 14.2. The lowest BCUT2D eigenvalue weighted by Gasteiger charge is -2.25. The van der Waals surface area contributed by atoms with Gasteiger partial charge in [-0.15, -0.1) is 4.40 Å². The molecule has 1 aliphatic carbocycles. The molecule has 1 aromatic carbocycles. The molecule has 2 aliphatic rings. The standard InChI is InChI=1S/C13H18N4O3S/c14-12-11-9(16-21(18,19)17-12)4-3-5-10(11)20-8-13(15)6-1-2-7-13/h3-5,16H,1-2,6-8,15H2,(H2,14,17). The maximum Gasteiger partial charge on any atom is 0.344 e. The van der Waals surface area contributed by atoms with Gasteiger partial charge in [0.1, 0.15) is 12.4 Å². The van der Waals surface area contributed by atoms with Crippen LogP contribution in [0.25, 0.3) is 0 Å². The Morgan fingerprint density at radius 1 is 1.33 bits per heavy atom. The lowest BCUT2D eigenvalue weighted by Crippen LogP contribution is -2.42. The Morgan fingerprint density at radius 2 is 2.05 bits per heavy atom. The largest absolute Gasteiger partial charge is 0.491 e. The summed E-state index contributed by atoms with van der Waals surface area (Å²) in [4.78, 5) is 0. The number of rotatable bonds is 3. The van der Waals surface area contributed by atoms with E-state index in [4.69, 9.17) is 16.2 Å². The van der Waals surface area contributed by atoms with E-state index in [1.807, 2.05) is 0 Å². The quantitative estimate of drug-likeness (QED) is 0.759. The van der Waals surface area contributed by atoms with Gasteiger partial charge in [0.05, 0.1) is 16.8 Å². The number of hydrogen-bond donors (Lipinski definition) is 3. The summed E-state index contributed by atoms with van der Waals surface area (Å²) >= 11 is 0. The number of benzene rings is 1. The molecule has 1 fully saturated rings. The van der Waals surface area contributed by atoms with Crippen LogP contribution < -0.4 is 20.9 Å². The third-order valence-electron chi connectivity index (χ3n) is 3.85. The molecule has 21 heavy (non-hydrogen) atoms. The SMILES string of the molecule is NC1=NS(=O)(=O)Nc2cccc(OCC3(N)CCCC3)c21. The number of nitrogens with zero attached hydrogens (tertiary/aromatic N) is 1. The Balaban J connectivity index is 1.88. The molecule has 1 aliphatic heterocycles. The predicted molar refractivity (Wildman–Crippen MR) is 80.6 cm³/mol. The molecule has 5 N–H and O–H groups in total. The fourth-order valence-electron chi connectivity index (χ4n) is 2.78. The Morgan fingerprint density at radius 3 is 2.76 bits per heavy atom. The lowest BCUT2D eigenvalue weighted by molar-refractivity contribution is 0.220. The van der Waals surface area contributed by atoms with Crippen LogP contribution in [-0.2, 0) is 10.2 Å². The number of hydrogen-bond acceptors (Lipinski definition) is 5. The van der Waals surface area contributed by atoms with E-state index in [2.05, 4.69) is 9.12 Å². The molecule has 0 atom stereocenters. The van der Waals surface area contributed by atoms with Crippen LogP contribution in [0.5, 0.6) is 5.75 Å². The van der Waals surface area contributed by atoms with Gasteiger partial charge in [0.15, 0.2) is 5.84 Å². The predicted octanol–water partition coefficient (Wildman–Crippen LogP) is 0.712. The molecule has 0 amide bonds. The summed E-state index contributed by atoms with van der Waals surface area (Å²) in [6.07, 6.45) is 4.07. The number of anilines is 1. The van der Waals surface area contributed by atoms with E-state index in [0.29, 0.717) is 23.6 Å². The third kappa shape index (κ3) is 2.81. The van der Waals surface area contributed by atoms with Crippen molar-refractivity contribution in [2.75, 3.05) is 11.3 Å². The van der Waals surface area contributed by atoms with Gasteiger partial charge in [-0.2, -0.15) is 8.42 Å². The normalized spacial score (nSPS) is 22.0. The van der Waals surface area contributed by atoms with Crippen molar-refractivity contribution in [2.24, 2.45) is 15.9 Å². The van der Waals surface area contributed by atoms with E-state index in [1.165, 1.54) is 0 Å². The average Bonchev–Trinajstić information content (AvgIpc) is 2.82. The van der Waals surface area contributed by atoms with E-state index >= 15 is 0 Å². The van der Waals surface area contributed by atoms with E-state index < -0.39 is 10.2 Å². The Hall–Kier alpha value is -1.80. The van der Waals surface area contributed by atoms with Gasteiger partial charge in [-0.1, -0.05) is 18.9 Å². The molecule has 0 bridgehead atoms. The maximum absolute atomic E-state index is 11.5. The van der Waals surface area contributed by atoms with Crippen molar-refractivity contribution in [1.29, 1.82) is 0 Å². The van der Waals surface area contributed by atoms with Gasteiger partial charge in [0.2, 0.25) is 0 Å². The second kappa shape index (κ2) is 4.88. The Bertz CT molecular complexity index is 693. The van der Waals surface area contributed by atoms with Crippen molar-refractivity contribution in [3.05, 3.63) is 23.8 Å². The molecule has 1 saturated carbocycles. The van der Waals surface area contributed by atoms with Crippen molar-refractivity contribution in [3.8, 4) is 5.75 Å². The van der Waals surface area contributed by atoms with Crippen molar-refractivity contribution in [1.82, 2.24) is 0 Å². The Labute approximate surface area is 123 Å². The van der Waals surface area contributed by atoms with Crippen LogP contribution in [0, 0.1) is 0 Å². The van der Waals surface area contributed by atoms with Gasteiger partial charge < -0.3 is 16.2 Å². The third-order valence-corrected chi connectivity index (χ3v) is 4.77. The van der Waals surface area contributed by atoms with E-state index in [0.717, 1.165) is 25.7 Å². The molecule has 0 saturated heterocycles. The van der Waals surface area contributed by atoms with Gasteiger partial charge in [-0.25, -0.2) is 0 Å². The summed E-state index contributed by atoms with van der Waals surface area (Å²) in [7, 11) is -3.77. The van der Waals surface area contributed by atoms with Gasteiger partial charge in [0.25, 0.3) is 0 Å². The molecule has 1 heterocycles. The zero-order valence-electron chi connectivity index (χ0n) is 11.5. The number of fused-ring (bicyclic) bond motifs is 1. The zero-order valence-corrected chi connectivity index (χ0v) is 12.3. The summed E-state index contributed by atoms with van der Waals surface area (Å²) in [5.41, 5.74) is 12.5. The van der Waals surface area contributed by atoms with Gasteiger partial charge >= 0.3 is 10.2 Å². The number of nitrogens with two attached hydrogens (primary N) is 2. The topological polar surface area (TPSA) is 120 Å². The summed E-state index contributed by atoms with van der Waals surface area (Å²) in [5, 5.41) is 0. The molecule has 0 radical (unpaired) electrons. The van der Waals surface area contributed by atoms with Crippen LogP contribution >= 0.6 is 0 Å². The molecule has 0 unspecified atom stereocenters. The summed E-state index contributed by atoms with van der Waals surface area (Å²) < 4.78 is 34.6. The minimum atomic E-state index is -3.77. The highest BCUT2D eigenvalue weighted by molar-refractivity contribution is 7.91. The second-order valence-corrected chi connectivity index (χ2v) is 6.93.